The lowest BCUT2D eigenvalue weighted by Crippen LogP contribution is -2.17. The maximum Gasteiger partial charge on any atom is 0.411 e. The van der Waals surface area contributed by atoms with Gasteiger partial charge in [-0.25, -0.2) is 9.59 Å². The minimum atomic E-state index is -1.14. The molecule has 7 heteroatoms. The molecule has 26 heavy (non-hydrogen) atoms. The number of carbonyl (C=O) groups is 2. The van der Waals surface area contributed by atoms with Gasteiger partial charge in [-0.3, -0.25) is 5.32 Å². The van der Waals surface area contributed by atoms with Gasteiger partial charge >= 0.3 is 12.1 Å². The molecule has 2 rings (SSSR count). The molecule has 0 saturated heterocycles. The molecule has 0 aromatic heterocycles. The largest absolute Gasteiger partial charge is 0.478 e. The Morgan fingerprint density at radius 1 is 1.15 bits per heavy atom. The number of benzene rings is 2. The highest BCUT2D eigenvalue weighted by atomic mass is 16.7. The van der Waals surface area contributed by atoms with Crippen LogP contribution in [-0.4, -0.2) is 30.1 Å². The molecule has 0 aliphatic carbocycles. The maximum atomic E-state index is 12.0. The Bertz CT molecular complexity index is 747. The molecule has 0 aliphatic heterocycles. The van der Waals surface area contributed by atoms with Gasteiger partial charge in [-0.2, -0.15) is 0 Å². The Labute approximate surface area is 151 Å². The predicted molar refractivity (Wildman–Crippen MR) is 95.4 cm³/mol. The first-order valence-electron chi connectivity index (χ1n) is 8.12. The van der Waals surface area contributed by atoms with Crippen molar-refractivity contribution in [1.82, 2.24) is 0 Å². The summed E-state index contributed by atoms with van der Waals surface area (Å²) in [6.45, 7) is 4.08. The van der Waals surface area contributed by atoms with Crippen molar-refractivity contribution in [3.63, 3.8) is 0 Å². The highest BCUT2D eigenvalue weighted by Crippen LogP contribution is 2.23. The van der Waals surface area contributed by atoms with Crippen LogP contribution in [0.4, 0.5) is 10.5 Å². The number of carboxylic acids is 1. The summed E-state index contributed by atoms with van der Waals surface area (Å²) < 4.78 is 15.9. The van der Waals surface area contributed by atoms with Crippen LogP contribution in [0.25, 0.3) is 0 Å². The van der Waals surface area contributed by atoms with E-state index in [1.807, 2.05) is 37.3 Å². The number of carbonyl (C=O) groups excluding carboxylic acids is 1. The van der Waals surface area contributed by atoms with E-state index < -0.39 is 18.4 Å². The molecule has 0 radical (unpaired) electrons. The minimum absolute atomic E-state index is 0.0236. The van der Waals surface area contributed by atoms with Crippen molar-refractivity contribution in [3.8, 4) is 5.75 Å². The second kappa shape index (κ2) is 9.43. The zero-order chi connectivity index (χ0) is 18.9. The van der Waals surface area contributed by atoms with Gasteiger partial charge in [-0.15, -0.1) is 0 Å². The van der Waals surface area contributed by atoms with Crippen LogP contribution < -0.4 is 10.1 Å². The van der Waals surface area contributed by atoms with E-state index in [4.69, 9.17) is 14.2 Å². The van der Waals surface area contributed by atoms with E-state index >= 15 is 0 Å². The molecule has 0 aliphatic rings. The van der Waals surface area contributed by atoms with Gasteiger partial charge in [-0.05, 0) is 31.5 Å². The zero-order valence-electron chi connectivity index (χ0n) is 14.6. The van der Waals surface area contributed by atoms with Crippen LogP contribution in [0.5, 0.6) is 5.75 Å². The van der Waals surface area contributed by atoms with E-state index in [0.29, 0.717) is 6.61 Å². The van der Waals surface area contributed by atoms with E-state index in [0.717, 1.165) is 5.56 Å². The van der Waals surface area contributed by atoms with Crippen LogP contribution in [0.2, 0.25) is 0 Å². The zero-order valence-corrected chi connectivity index (χ0v) is 14.6. The molecule has 2 N–H and O–H groups in total. The first-order valence-corrected chi connectivity index (χ1v) is 8.12. The fourth-order valence-electron chi connectivity index (χ4n) is 2.20. The monoisotopic (exact) mass is 359 g/mol. The molecule has 1 atom stereocenters. The summed E-state index contributed by atoms with van der Waals surface area (Å²) in [7, 11) is 0. The Kier molecular flexibility index (Phi) is 6.99. The molecule has 7 nitrogen and oxygen atoms in total. The Morgan fingerprint density at radius 2 is 1.88 bits per heavy atom. The average molecular weight is 359 g/mol. The molecular formula is C19H21NO6. The average Bonchev–Trinajstić information content (AvgIpc) is 2.60. The highest BCUT2D eigenvalue weighted by Gasteiger charge is 2.12. The highest BCUT2D eigenvalue weighted by molar-refractivity contribution is 5.92. The normalized spacial score (nSPS) is 11.5. The quantitative estimate of drug-likeness (QED) is 0.694. The molecule has 2 aromatic carbocycles. The van der Waals surface area contributed by atoms with Gasteiger partial charge in [0, 0.05) is 18.4 Å². The third-order valence-electron chi connectivity index (χ3n) is 3.32. The van der Waals surface area contributed by atoms with Crippen LogP contribution >= 0.6 is 0 Å². The van der Waals surface area contributed by atoms with E-state index in [1.54, 1.807) is 6.92 Å². The summed E-state index contributed by atoms with van der Waals surface area (Å²) in [5.41, 5.74) is 1.07. The summed E-state index contributed by atoms with van der Waals surface area (Å²) in [4.78, 5) is 23.2. The number of carboxylic acid groups (broad SMARTS) is 1. The van der Waals surface area contributed by atoms with Gasteiger partial charge in [0.2, 0.25) is 0 Å². The second-order valence-corrected chi connectivity index (χ2v) is 5.38. The number of hydrogen-bond acceptors (Lipinski definition) is 5. The number of aromatic carboxylic acids is 1. The van der Waals surface area contributed by atoms with Gasteiger partial charge in [0.1, 0.15) is 12.4 Å². The first-order chi connectivity index (χ1) is 12.5. The fraction of sp³-hybridized carbons (Fsp3) is 0.263. The molecular weight excluding hydrogens is 338 g/mol. The number of hydrogen-bond donors (Lipinski definition) is 2. The Hall–Kier alpha value is -3.06. The van der Waals surface area contributed by atoms with Crippen molar-refractivity contribution >= 4 is 17.7 Å². The van der Waals surface area contributed by atoms with Crippen LogP contribution in [0, 0.1) is 0 Å². The minimum Gasteiger partial charge on any atom is -0.478 e. The molecule has 1 amide bonds. The van der Waals surface area contributed by atoms with Crippen LogP contribution in [0.15, 0.2) is 48.5 Å². The number of anilines is 1. The van der Waals surface area contributed by atoms with Crippen molar-refractivity contribution in [1.29, 1.82) is 0 Å². The summed E-state index contributed by atoms with van der Waals surface area (Å²) >= 11 is 0. The smallest absolute Gasteiger partial charge is 0.411 e. The number of nitrogens with one attached hydrogen (secondary N) is 1. The van der Waals surface area contributed by atoms with Gasteiger partial charge < -0.3 is 19.3 Å². The lowest BCUT2D eigenvalue weighted by Gasteiger charge is -2.16. The van der Waals surface area contributed by atoms with Crippen molar-refractivity contribution in [2.45, 2.75) is 26.7 Å². The molecule has 138 valence electrons. The van der Waals surface area contributed by atoms with E-state index in [1.165, 1.54) is 18.2 Å². The Balaban J connectivity index is 2.05. The topological polar surface area (TPSA) is 94.1 Å². The van der Waals surface area contributed by atoms with Crippen molar-refractivity contribution in [3.05, 3.63) is 59.7 Å². The number of ether oxygens (including phenoxy) is 3. The van der Waals surface area contributed by atoms with E-state index in [2.05, 4.69) is 5.32 Å². The lowest BCUT2D eigenvalue weighted by molar-refractivity contribution is -0.0613. The summed E-state index contributed by atoms with van der Waals surface area (Å²) in [5, 5.41) is 11.7. The maximum absolute atomic E-state index is 12.0. The van der Waals surface area contributed by atoms with Crippen molar-refractivity contribution < 1.29 is 28.9 Å². The number of amides is 1. The third-order valence-corrected chi connectivity index (χ3v) is 3.32. The summed E-state index contributed by atoms with van der Waals surface area (Å²) in [6, 6.07) is 13.4. The fourth-order valence-corrected chi connectivity index (χ4v) is 2.20. The van der Waals surface area contributed by atoms with Gasteiger partial charge in [-0.1, -0.05) is 30.3 Å². The second-order valence-electron chi connectivity index (χ2n) is 5.38. The van der Waals surface area contributed by atoms with Gasteiger partial charge in [0.25, 0.3) is 0 Å². The summed E-state index contributed by atoms with van der Waals surface area (Å²) in [5.74, 6) is -0.871. The van der Waals surface area contributed by atoms with Crippen LogP contribution in [0.3, 0.4) is 0 Å². The predicted octanol–water partition coefficient (Wildman–Crippen LogP) is 3.89. The van der Waals surface area contributed by atoms with Crippen molar-refractivity contribution in [2.24, 2.45) is 0 Å². The van der Waals surface area contributed by atoms with Gasteiger partial charge in [0.15, 0.2) is 6.29 Å². The SMILES string of the molecule is CCOC(C)Oc1cc(NC(=O)OCc2ccccc2)cc(C(=O)O)c1. The standard InChI is InChI=1S/C19H21NO6/c1-3-24-13(2)26-17-10-15(18(21)22)9-16(11-17)20-19(23)25-12-14-7-5-4-6-8-14/h4-11,13H,3,12H2,1-2H3,(H,20,23)(H,21,22). The molecule has 0 heterocycles. The molecule has 0 saturated carbocycles. The summed E-state index contributed by atoms with van der Waals surface area (Å²) in [6.07, 6.45) is -1.25. The van der Waals surface area contributed by atoms with Crippen LogP contribution in [-0.2, 0) is 16.1 Å². The third kappa shape index (κ3) is 6.10. The lowest BCUT2D eigenvalue weighted by atomic mass is 10.2. The van der Waals surface area contributed by atoms with Crippen molar-refractivity contribution in [2.75, 3.05) is 11.9 Å². The van der Waals surface area contributed by atoms with E-state index in [-0.39, 0.29) is 23.6 Å². The van der Waals surface area contributed by atoms with Gasteiger partial charge in [0.05, 0.1) is 5.56 Å². The molecule has 0 bridgehead atoms. The molecule has 2 aromatic rings. The molecule has 1 unspecified atom stereocenters. The Morgan fingerprint density at radius 3 is 2.54 bits per heavy atom. The van der Waals surface area contributed by atoms with E-state index in [9.17, 15) is 14.7 Å². The van der Waals surface area contributed by atoms with Crippen LogP contribution in [0.1, 0.15) is 29.8 Å². The molecule has 0 fully saturated rings. The number of rotatable bonds is 8. The first kappa shape index (κ1) is 19.3. The molecule has 0 spiro atoms.